The van der Waals surface area contributed by atoms with Crippen LogP contribution in [-0.4, -0.2) is 49.6 Å². The Morgan fingerprint density at radius 3 is 2.40 bits per heavy atom. The van der Waals surface area contributed by atoms with Crippen LogP contribution >= 0.6 is 0 Å². The summed E-state index contributed by atoms with van der Waals surface area (Å²) in [5, 5.41) is 23.0. The molecule has 1 heterocycles. The molecular weight excluding hydrogens is 456 g/mol. The predicted octanol–water partition coefficient (Wildman–Crippen LogP) is 5.99. The van der Waals surface area contributed by atoms with Crippen molar-refractivity contribution in [1.82, 2.24) is 0 Å². The molecule has 4 rings (SSSR count). The lowest BCUT2D eigenvalue weighted by Gasteiger charge is -2.44. The van der Waals surface area contributed by atoms with E-state index in [1.54, 1.807) is 0 Å². The highest BCUT2D eigenvalue weighted by Gasteiger charge is 2.62. The van der Waals surface area contributed by atoms with Gasteiger partial charge in [-0.25, -0.2) is 0 Å². The molecule has 1 saturated heterocycles. The van der Waals surface area contributed by atoms with Crippen molar-refractivity contribution in [2.45, 2.75) is 103 Å². The normalized spacial score (nSPS) is 37.3. The van der Waals surface area contributed by atoms with Gasteiger partial charge in [-0.3, -0.25) is 0 Å². The lowest BCUT2D eigenvalue weighted by atomic mass is 9.67. The summed E-state index contributed by atoms with van der Waals surface area (Å²) in [5.41, 5.74) is -0.652. The highest BCUT2D eigenvalue weighted by Crippen LogP contribution is 2.66. The van der Waals surface area contributed by atoms with Gasteiger partial charge < -0.3 is 24.1 Å². The minimum Gasteiger partial charge on any atom is -0.417 e. The van der Waals surface area contributed by atoms with E-state index in [-0.39, 0.29) is 28.6 Å². The fourth-order valence-corrected chi connectivity index (χ4v) is 7.23. The van der Waals surface area contributed by atoms with E-state index in [0.717, 1.165) is 24.8 Å². The first-order valence-corrected chi connectivity index (χ1v) is 16.2. The zero-order valence-corrected chi connectivity index (χ0v) is 23.7. The van der Waals surface area contributed by atoms with Crippen molar-refractivity contribution in [1.29, 1.82) is 0 Å². The number of ether oxygens (including phenoxy) is 2. The van der Waals surface area contributed by atoms with Gasteiger partial charge in [-0.05, 0) is 55.1 Å². The van der Waals surface area contributed by atoms with Gasteiger partial charge in [0.25, 0.3) is 0 Å². The third kappa shape index (κ3) is 4.83. The molecular formula is C29H46O5Si. The molecule has 1 aromatic carbocycles. The fourth-order valence-electron chi connectivity index (χ4n) is 6.17. The average molecular weight is 503 g/mol. The standard InChI is InChI=1S/C29H46O5Si/c1-26(2,3)35(6,7)33-18-14-24-29(31,20-32-25(34-24)21-11-9-8-10-12-21)17-16-28-15-13-22(19-23(28)30)27(28,4)5/h8-12,16-17,22-25,30-31H,13-15,18-20H2,1-7H3/b17-16+/t22-,23+,24-,25+,28+,29-/m0/s1. The number of hydrogen-bond donors (Lipinski definition) is 2. The summed E-state index contributed by atoms with van der Waals surface area (Å²) < 4.78 is 18.9. The maximum absolute atomic E-state index is 11.9. The highest BCUT2D eigenvalue weighted by molar-refractivity contribution is 6.74. The predicted molar refractivity (Wildman–Crippen MR) is 141 cm³/mol. The van der Waals surface area contributed by atoms with E-state index >= 15 is 0 Å². The molecule has 3 aliphatic rings. The molecule has 0 aromatic heterocycles. The Morgan fingerprint density at radius 1 is 1.14 bits per heavy atom. The van der Waals surface area contributed by atoms with Crippen LogP contribution in [0.5, 0.6) is 0 Å². The summed E-state index contributed by atoms with van der Waals surface area (Å²) in [6.07, 6.45) is 6.09. The van der Waals surface area contributed by atoms with Crippen LogP contribution in [0.4, 0.5) is 0 Å². The first-order valence-electron chi connectivity index (χ1n) is 13.3. The van der Waals surface area contributed by atoms with Crippen LogP contribution in [-0.2, 0) is 13.9 Å². The molecule has 6 atom stereocenters. The van der Waals surface area contributed by atoms with Crippen LogP contribution in [0.3, 0.4) is 0 Å². The molecule has 0 radical (unpaired) electrons. The van der Waals surface area contributed by atoms with E-state index in [0.29, 0.717) is 18.9 Å². The Balaban J connectivity index is 1.55. The number of hydrogen-bond acceptors (Lipinski definition) is 5. The summed E-state index contributed by atoms with van der Waals surface area (Å²) in [7, 11) is -1.92. The Hall–Kier alpha value is -1.02. The number of benzene rings is 1. The second-order valence-electron chi connectivity index (χ2n) is 13.1. The van der Waals surface area contributed by atoms with E-state index < -0.39 is 26.3 Å². The van der Waals surface area contributed by atoms with Crippen LogP contribution < -0.4 is 0 Å². The zero-order chi connectivity index (χ0) is 25.7. The molecule has 0 amide bonds. The summed E-state index contributed by atoms with van der Waals surface area (Å²) in [5.74, 6) is 0.520. The van der Waals surface area contributed by atoms with Gasteiger partial charge in [0.1, 0.15) is 5.60 Å². The van der Waals surface area contributed by atoms with Gasteiger partial charge >= 0.3 is 0 Å². The number of fused-ring (bicyclic) bond motifs is 2. The molecule has 0 spiro atoms. The van der Waals surface area contributed by atoms with Gasteiger partial charge in [-0.2, -0.15) is 0 Å². The first-order chi connectivity index (χ1) is 16.2. The average Bonchev–Trinajstić information content (AvgIpc) is 3.14. The van der Waals surface area contributed by atoms with Crippen molar-refractivity contribution >= 4 is 8.32 Å². The van der Waals surface area contributed by atoms with E-state index in [2.05, 4.69) is 53.8 Å². The van der Waals surface area contributed by atoms with E-state index in [1.165, 1.54) is 0 Å². The molecule has 2 aliphatic carbocycles. The molecule has 3 fully saturated rings. The molecule has 1 aromatic rings. The van der Waals surface area contributed by atoms with Crippen LogP contribution in [0, 0.1) is 16.7 Å². The second-order valence-corrected chi connectivity index (χ2v) is 18.0. The van der Waals surface area contributed by atoms with Gasteiger partial charge in [-0.15, -0.1) is 0 Å². The van der Waals surface area contributed by atoms with Crippen molar-refractivity contribution in [2.24, 2.45) is 16.7 Å². The fraction of sp³-hybridized carbons (Fsp3) is 0.724. The maximum atomic E-state index is 11.9. The third-order valence-electron chi connectivity index (χ3n) is 9.93. The molecule has 1 aliphatic heterocycles. The van der Waals surface area contributed by atoms with E-state index in [4.69, 9.17) is 13.9 Å². The summed E-state index contributed by atoms with van der Waals surface area (Å²) in [6.45, 7) is 16.4. The molecule has 196 valence electrons. The zero-order valence-electron chi connectivity index (χ0n) is 22.7. The lowest BCUT2D eigenvalue weighted by Crippen LogP contribution is -2.52. The molecule has 2 saturated carbocycles. The van der Waals surface area contributed by atoms with Crippen molar-refractivity contribution < 1.29 is 24.1 Å². The quantitative estimate of drug-likeness (QED) is 0.354. The molecule has 0 unspecified atom stereocenters. The Kier molecular flexibility index (Phi) is 7.24. The molecule has 35 heavy (non-hydrogen) atoms. The number of rotatable bonds is 7. The largest absolute Gasteiger partial charge is 0.417 e. The third-order valence-corrected chi connectivity index (χ3v) is 14.5. The minimum atomic E-state index is -1.92. The second kappa shape index (κ2) is 9.37. The molecule has 5 nitrogen and oxygen atoms in total. The Labute approximate surface area is 213 Å². The van der Waals surface area contributed by atoms with Gasteiger partial charge in [0, 0.05) is 17.6 Å². The van der Waals surface area contributed by atoms with Crippen LogP contribution in [0.15, 0.2) is 42.5 Å². The Bertz CT molecular complexity index is 907. The summed E-state index contributed by atoms with van der Waals surface area (Å²) in [4.78, 5) is 0. The van der Waals surface area contributed by atoms with Gasteiger partial charge in [0.2, 0.25) is 0 Å². The summed E-state index contributed by atoms with van der Waals surface area (Å²) >= 11 is 0. The summed E-state index contributed by atoms with van der Waals surface area (Å²) in [6, 6.07) is 9.89. The van der Waals surface area contributed by atoms with Crippen LogP contribution in [0.25, 0.3) is 0 Å². The molecule has 2 N–H and O–H groups in total. The minimum absolute atomic E-state index is 0.00315. The highest BCUT2D eigenvalue weighted by atomic mass is 28.4. The number of aliphatic hydroxyl groups excluding tert-OH is 1. The van der Waals surface area contributed by atoms with E-state index in [9.17, 15) is 10.2 Å². The van der Waals surface area contributed by atoms with E-state index in [1.807, 2.05) is 36.4 Å². The first kappa shape index (κ1) is 27.0. The number of aliphatic hydroxyl groups is 2. The SMILES string of the molecule is CC1(C)[C@H]2CC[C@@]1(/C=C/[C@]1(O)CO[C@@H](c3ccccc3)O[C@H]1CCO[Si](C)(C)C(C)(C)C)[C@H](O)C2. The maximum Gasteiger partial charge on any atom is 0.191 e. The van der Waals surface area contributed by atoms with Gasteiger partial charge in [0.05, 0.1) is 18.8 Å². The van der Waals surface area contributed by atoms with Crippen molar-refractivity contribution in [3.8, 4) is 0 Å². The van der Waals surface area contributed by atoms with Crippen LogP contribution in [0.2, 0.25) is 18.1 Å². The molecule has 6 heteroatoms. The monoisotopic (exact) mass is 502 g/mol. The van der Waals surface area contributed by atoms with Crippen molar-refractivity contribution in [3.05, 3.63) is 48.0 Å². The van der Waals surface area contributed by atoms with Crippen molar-refractivity contribution in [3.63, 3.8) is 0 Å². The molecule has 2 bridgehead atoms. The van der Waals surface area contributed by atoms with Crippen molar-refractivity contribution in [2.75, 3.05) is 13.2 Å². The van der Waals surface area contributed by atoms with Gasteiger partial charge in [0.15, 0.2) is 14.6 Å². The topological polar surface area (TPSA) is 68.2 Å². The smallest absolute Gasteiger partial charge is 0.191 e. The Morgan fingerprint density at radius 2 is 1.83 bits per heavy atom. The van der Waals surface area contributed by atoms with Crippen LogP contribution in [0.1, 0.15) is 72.2 Å². The lowest BCUT2D eigenvalue weighted by molar-refractivity contribution is -0.282. The van der Waals surface area contributed by atoms with Gasteiger partial charge in [-0.1, -0.05) is 77.1 Å².